The van der Waals surface area contributed by atoms with Crippen molar-refractivity contribution < 1.29 is 4.79 Å². The van der Waals surface area contributed by atoms with Gasteiger partial charge >= 0.3 is 0 Å². The van der Waals surface area contributed by atoms with E-state index in [1.807, 2.05) is 6.92 Å². The molecule has 1 amide bonds. The number of hydrogen-bond donors (Lipinski definition) is 2. The van der Waals surface area contributed by atoms with E-state index in [0.717, 1.165) is 5.69 Å². The van der Waals surface area contributed by atoms with Crippen LogP contribution in [0.25, 0.3) is 0 Å². The molecule has 2 N–H and O–H groups in total. The topological polar surface area (TPSA) is 87.7 Å². The third kappa shape index (κ3) is 3.38. The molecule has 0 spiro atoms. The predicted molar refractivity (Wildman–Crippen MR) is 71.4 cm³/mol. The van der Waals surface area contributed by atoms with E-state index in [4.69, 9.17) is 11.6 Å². The Morgan fingerprint density at radius 3 is 2.84 bits per heavy atom. The Hall–Kier alpha value is -2.21. The smallest absolute Gasteiger partial charge is 0.264 e. The van der Waals surface area contributed by atoms with Crippen LogP contribution >= 0.6 is 11.6 Å². The summed E-state index contributed by atoms with van der Waals surface area (Å²) in [5, 5.41) is 8.74. The first-order chi connectivity index (χ1) is 9.08. The second-order valence-corrected chi connectivity index (χ2v) is 4.17. The summed E-state index contributed by atoms with van der Waals surface area (Å²) in [6, 6.07) is 5.83. The van der Waals surface area contributed by atoms with E-state index in [1.54, 1.807) is 6.07 Å². The molecular weight excluding hydrogens is 268 g/mol. The van der Waals surface area contributed by atoms with Crippen molar-refractivity contribution in [2.24, 2.45) is 0 Å². The first-order valence-corrected chi connectivity index (χ1v) is 6.00. The molecule has 19 heavy (non-hydrogen) atoms. The normalized spacial score (nSPS) is 10.2. The average Bonchev–Trinajstić information content (AvgIpc) is 2.40. The number of amides is 1. The monoisotopic (exact) mass is 278 g/mol. The van der Waals surface area contributed by atoms with Crippen LogP contribution in [-0.2, 0) is 6.42 Å². The van der Waals surface area contributed by atoms with Gasteiger partial charge in [0.25, 0.3) is 11.5 Å². The van der Waals surface area contributed by atoms with E-state index in [2.05, 4.69) is 20.5 Å². The van der Waals surface area contributed by atoms with Crippen LogP contribution in [0.15, 0.2) is 29.1 Å². The summed E-state index contributed by atoms with van der Waals surface area (Å²) >= 11 is 5.84. The summed E-state index contributed by atoms with van der Waals surface area (Å²) in [7, 11) is 0. The summed E-state index contributed by atoms with van der Waals surface area (Å²) in [4.78, 5) is 26.9. The van der Waals surface area contributed by atoms with Crippen LogP contribution in [0.2, 0.25) is 5.15 Å². The highest BCUT2D eigenvalue weighted by atomic mass is 35.5. The Kier molecular flexibility index (Phi) is 3.91. The minimum atomic E-state index is -0.362. The third-order valence-electron chi connectivity index (χ3n) is 2.39. The summed E-state index contributed by atoms with van der Waals surface area (Å²) in [5.74, 6) is -0.103. The molecule has 0 saturated carbocycles. The Bertz CT molecular complexity index is 649. The van der Waals surface area contributed by atoms with Crippen molar-refractivity contribution in [3.8, 4) is 0 Å². The molecule has 2 aromatic heterocycles. The van der Waals surface area contributed by atoms with E-state index < -0.39 is 0 Å². The Morgan fingerprint density at radius 2 is 2.21 bits per heavy atom. The number of aromatic amines is 1. The van der Waals surface area contributed by atoms with Gasteiger partial charge in [-0.1, -0.05) is 18.5 Å². The van der Waals surface area contributed by atoms with Crippen molar-refractivity contribution in [2.75, 3.05) is 5.32 Å². The molecule has 0 radical (unpaired) electrons. The largest absolute Gasteiger partial charge is 0.305 e. The van der Waals surface area contributed by atoms with Crippen LogP contribution in [-0.4, -0.2) is 21.1 Å². The number of rotatable bonds is 3. The number of carbonyl (C=O) groups excluding carboxylic acids is 1. The zero-order valence-electron chi connectivity index (χ0n) is 10.1. The second-order valence-electron chi connectivity index (χ2n) is 3.78. The molecule has 2 aromatic rings. The van der Waals surface area contributed by atoms with E-state index in [1.165, 1.54) is 18.2 Å². The second kappa shape index (κ2) is 5.62. The van der Waals surface area contributed by atoms with Gasteiger partial charge in [-0.15, -0.1) is 0 Å². The number of aryl methyl sites for hydroxylation is 1. The maximum Gasteiger partial charge on any atom is 0.264 e. The average molecular weight is 279 g/mol. The molecular formula is C12H11ClN4O2. The minimum Gasteiger partial charge on any atom is -0.305 e. The molecule has 0 unspecified atom stereocenters. The van der Waals surface area contributed by atoms with Crippen molar-refractivity contribution in [3.63, 3.8) is 0 Å². The van der Waals surface area contributed by atoms with Gasteiger partial charge in [0, 0.05) is 17.3 Å². The Morgan fingerprint density at radius 1 is 1.42 bits per heavy atom. The van der Waals surface area contributed by atoms with E-state index in [0.29, 0.717) is 12.0 Å². The number of carbonyl (C=O) groups is 1. The van der Waals surface area contributed by atoms with Gasteiger partial charge in [0.15, 0.2) is 5.82 Å². The summed E-state index contributed by atoms with van der Waals surface area (Å²) in [6.45, 7) is 1.92. The number of nitrogens with zero attached hydrogens (tertiary/aromatic N) is 2. The Balaban J connectivity index is 2.22. The van der Waals surface area contributed by atoms with Crippen LogP contribution in [0.1, 0.15) is 23.0 Å². The van der Waals surface area contributed by atoms with Crippen LogP contribution < -0.4 is 10.9 Å². The van der Waals surface area contributed by atoms with Gasteiger partial charge in [0.05, 0.1) is 0 Å². The fraction of sp³-hybridized carbons (Fsp3) is 0.167. The van der Waals surface area contributed by atoms with Crippen LogP contribution in [0.4, 0.5) is 5.82 Å². The molecule has 0 atom stereocenters. The van der Waals surface area contributed by atoms with Crippen molar-refractivity contribution in [3.05, 3.63) is 51.0 Å². The number of hydrogen-bond acceptors (Lipinski definition) is 4. The number of H-pyrrole nitrogens is 1. The maximum atomic E-state index is 12.0. The van der Waals surface area contributed by atoms with Gasteiger partial charge in [-0.25, -0.2) is 10.1 Å². The molecule has 0 aliphatic carbocycles. The maximum absolute atomic E-state index is 12.0. The highest BCUT2D eigenvalue weighted by Gasteiger charge is 2.09. The lowest BCUT2D eigenvalue weighted by atomic mass is 10.2. The number of anilines is 1. The van der Waals surface area contributed by atoms with Crippen LogP contribution in [0.3, 0.4) is 0 Å². The van der Waals surface area contributed by atoms with E-state index >= 15 is 0 Å². The van der Waals surface area contributed by atoms with Crippen molar-refractivity contribution in [1.29, 1.82) is 0 Å². The minimum absolute atomic E-state index is 0.260. The standard InChI is InChI=1S/C12H11ClN4O2/c1-2-8-5-7(6-9(13)14-8)12(19)15-10-3-4-11(18)17-16-10/h3-6H,2H2,1H3,(H,17,18)(H,15,16,19). The van der Waals surface area contributed by atoms with Crippen molar-refractivity contribution >= 4 is 23.3 Å². The first kappa shape index (κ1) is 13.2. The molecule has 0 fully saturated rings. The lowest BCUT2D eigenvalue weighted by Crippen LogP contribution is -2.16. The number of aromatic nitrogens is 3. The molecule has 7 heteroatoms. The molecule has 0 aliphatic heterocycles. The molecule has 2 heterocycles. The van der Waals surface area contributed by atoms with Crippen molar-refractivity contribution in [1.82, 2.24) is 15.2 Å². The Labute approximate surface area is 113 Å². The molecule has 98 valence electrons. The number of pyridine rings is 1. The molecule has 2 rings (SSSR count). The SMILES string of the molecule is CCc1cc(C(=O)Nc2ccc(=O)[nH]n2)cc(Cl)n1. The fourth-order valence-electron chi connectivity index (χ4n) is 1.47. The first-order valence-electron chi connectivity index (χ1n) is 5.62. The van der Waals surface area contributed by atoms with Crippen LogP contribution in [0.5, 0.6) is 0 Å². The van der Waals surface area contributed by atoms with Gasteiger partial charge in [0.2, 0.25) is 0 Å². The molecule has 0 bridgehead atoms. The van der Waals surface area contributed by atoms with Gasteiger partial charge < -0.3 is 5.32 Å². The molecule has 0 aliphatic rings. The van der Waals surface area contributed by atoms with Gasteiger partial charge in [-0.2, -0.15) is 5.10 Å². The van der Waals surface area contributed by atoms with Crippen molar-refractivity contribution in [2.45, 2.75) is 13.3 Å². The van der Waals surface area contributed by atoms with Gasteiger partial charge in [-0.05, 0) is 24.6 Å². The summed E-state index contributed by atoms with van der Waals surface area (Å²) < 4.78 is 0. The zero-order chi connectivity index (χ0) is 13.8. The van der Waals surface area contributed by atoms with Crippen LogP contribution in [0, 0.1) is 0 Å². The molecule has 6 nitrogen and oxygen atoms in total. The number of halogens is 1. The summed E-state index contributed by atoms with van der Waals surface area (Å²) in [6.07, 6.45) is 0.678. The predicted octanol–water partition coefficient (Wildman–Crippen LogP) is 1.63. The molecule has 0 aromatic carbocycles. The lowest BCUT2D eigenvalue weighted by molar-refractivity contribution is 0.102. The van der Waals surface area contributed by atoms with E-state index in [9.17, 15) is 9.59 Å². The number of nitrogens with one attached hydrogen (secondary N) is 2. The quantitative estimate of drug-likeness (QED) is 0.836. The zero-order valence-corrected chi connectivity index (χ0v) is 10.9. The third-order valence-corrected chi connectivity index (χ3v) is 2.59. The highest BCUT2D eigenvalue weighted by Crippen LogP contribution is 2.12. The highest BCUT2D eigenvalue weighted by molar-refractivity contribution is 6.29. The van der Waals surface area contributed by atoms with Gasteiger partial charge in [-0.3, -0.25) is 9.59 Å². The van der Waals surface area contributed by atoms with Gasteiger partial charge in [0.1, 0.15) is 5.15 Å². The summed E-state index contributed by atoms with van der Waals surface area (Å²) in [5.41, 5.74) is 0.787. The lowest BCUT2D eigenvalue weighted by Gasteiger charge is -2.05. The molecule has 0 saturated heterocycles. The van der Waals surface area contributed by atoms with E-state index in [-0.39, 0.29) is 22.4 Å². The fourth-order valence-corrected chi connectivity index (χ4v) is 1.69.